The van der Waals surface area contributed by atoms with Gasteiger partial charge in [0.25, 0.3) is 0 Å². The van der Waals surface area contributed by atoms with Gasteiger partial charge in [-0.25, -0.2) is 0 Å². The lowest BCUT2D eigenvalue weighted by Crippen LogP contribution is -1.96. The lowest BCUT2D eigenvalue weighted by Gasteiger charge is -2.09. The van der Waals surface area contributed by atoms with Crippen molar-refractivity contribution in [3.8, 4) is 23.0 Å². The van der Waals surface area contributed by atoms with Gasteiger partial charge in [-0.2, -0.15) is 0 Å². The first-order valence-electron chi connectivity index (χ1n) is 7.05. The second kappa shape index (κ2) is 5.68. The van der Waals surface area contributed by atoms with Crippen LogP contribution in [0.4, 0.5) is 0 Å². The summed E-state index contributed by atoms with van der Waals surface area (Å²) in [6.45, 7) is 0. The van der Waals surface area contributed by atoms with Crippen molar-refractivity contribution in [1.29, 1.82) is 0 Å². The number of ketones is 1. The van der Waals surface area contributed by atoms with Gasteiger partial charge in [0.1, 0.15) is 5.75 Å². The van der Waals surface area contributed by atoms with E-state index in [1.165, 1.54) is 20.3 Å². The normalized spacial score (nSPS) is 14.9. The zero-order chi connectivity index (χ0) is 16.6. The Bertz CT molecular complexity index is 795. The smallest absolute Gasteiger partial charge is 0.200 e. The molecule has 5 heteroatoms. The molecule has 2 aromatic rings. The van der Waals surface area contributed by atoms with E-state index >= 15 is 0 Å². The number of carbonyl (C=O) groups excluding carboxylic acids is 1. The first-order chi connectivity index (χ1) is 11.0. The summed E-state index contributed by atoms with van der Waals surface area (Å²) in [6, 6.07) is 8.08. The molecule has 0 saturated carbocycles. The number of phenolic OH excluding ortho intramolecular Hbond substituents is 2. The zero-order valence-corrected chi connectivity index (χ0v) is 12.8. The lowest BCUT2D eigenvalue weighted by atomic mass is 10.1. The molecule has 0 spiro atoms. The Labute approximate surface area is 133 Å². The van der Waals surface area contributed by atoms with E-state index in [1.807, 2.05) is 0 Å². The number of ether oxygens (including phenoxy) is 2. The molecule has 0 aromatic heterocycles. The van der Waals surface area contributed by atoms with Crippen LogP contribution in [0.5, 0.6) is 23.0 Å². The molecule has 1 aliphatic rings. The molecule has 0 amide bonds. The Hall–Kier alpha value is -2.95. The van der Waals surface area contributed by atoms with Crippen LogP contribution in [0.2, 0.25) is 0 Å². The molecule has 0 aliphatic heterocycles. The molecule has 1 aliphatic carbocycles. The Balaban J connectivity index is 2.02. The highest BCUT2D eigenvalue weighted by Gasteiger charge is 2.25. The van der Waals surface area contributed by atoms with E-state index in [2.05, 4.69) is 0 Å². The quantitative estimate of drug-likeness (QED) is 0.852. The highest BCUT2D eigenvalue weighted by Crippen LogP contribution is 2.38. The number of phenols is 2. The number of hydrogen-bond donors (Lipinski definition) is 2. The van der Waals surface area contributed by atoms with E-state index < -0.39 is 0 Å². The van der Waals surface area contributed by atoms with Crippen molar-refractivity contribution in [3.63, 3.8) is 0 Å². The summed E-state index contributed by atoms with van der Waals surface area (Å²) in [6.07, 6.45) is 2.24. The molecule has 0 atom stereocenters. The second-order valence-corrected chi connectivity index (χ2v) is 5.29. The number of carbonyl (C=O) groups is 1. The first kappa shape index (κ1) is 15.0. The number of methoxy groups -OCH3 is 2. The summed E-state index contributed by atoms with van der Waals surface area (Å²) in [5, 5.41) is 19.5. The minimum atomic E-state index is -0.109. The Morgan fingerprint density at radius 2 is 1.70 bits per heavy atom. The number of benzene rings is 2. The Morgan fingerprint density at radius 3 is 2.30 bits per heavy atom. The van der Waals surface area contributed by atoms with Gasteiger partial charge in [0.05, 0.1) is 14.2 Å². The van der Waals surface area contributed by atoms with E-state index in [4.69, 9.17) is 9.47 Å². The summed E-state index contributed by atoms with van der Waals surface area (Å²) in [5.41, 5.74) is 2.71. The largest absolute Gasteiger partial charge is 0.508 e. The minimum absolute atomic E-state index is 0.0753. The molecule has 0 heterocycles. The summed E-state index contributed by atoms with van der Waals surface area (Å²) >= 11 is 0. The Kier molecular flexibility index (Phi) is 3.70. The van der Waals surface area contributed by atoms with Gasteiger partial charge in [-0.3, -0.25) is 4.79 Å². The number of hydrogen-bond acceptors (Lipinski definition) is 5. The average Bonchev–Trinajstić information content (AvgIpc) is 2.85. The van der Waals surface area contributed by atoms with Crippen LogP contribution >= 0.6 is 0 Å². The fraction of sp³-hybridized carbons (Fsp3) is 0.167. The molecule has 0 saturated heterocycles. The van der Waals surface area contributed by atoms with E-state index in [0.717, 1.165) is 5.56 Å². The third-order valence-electron chi connectivity index (χ3n) is 3.85. The van der Waals surface area contributed by atoms with Gasteiger partial charge in [0.2, 0.25) is 5.75 Å². The first-order valence-corrected chi connectivity index (χ1v) is 7.05. The van der Waals surface area contributed by atoms with Gasteiger partial charge in [-0.1, -0.05) is 6.07 Å². The lowest BCUT2D eigenvalue weighted by molar-refractivity contribution is 0.104. The minimum Gasteiger partial charge on any atom is -0.508 e. The summed E-state index contributed by atoms with van der Waals surface area (Å²) in [7, 11) is 2.90. The van der Waals surface area contributed by atoms with Crippen molar-refractivity contribution in [2.24, 2.45) is 0 Å². The van der Waals surface area contributed by atoms with Gasteiger partial charge < -0.3 is 19.7 Å². The van der Waals surface area contributed by atoms with Crippen LogP contribution < -0.4 is 9.47 Å². The number of allylic oxidation sites excluding steroid dienone is 1. The molecular weight excluding hydrogens is 296 g/mol. The molecule has 3 rings (SSSR count). The van der Waals surface area contributed by atoms with Gasteiger partial charge in [0.15, 0.2) is 17.3 Å². The standard InChI is InChI=1S/C18H16O5/c1-22-15-6-10(7-16(23-2)18(15)21)5-12-8-11-3-4-13(19)9-14(11)17(12)20/h3-7,9,19,21H,8H2,1-2H3. The van der Waals surface area contributed by atoms with Crippen molar-refractivity contribution in [1.82, 2.24) is 0 Å². The van der Waals surface area contributed by atoms with E-state index in [9.17, 15) is 15.0 Å². The summed E-state index contributed by atoms with van der Waals surface area (Å²) in [5.74, 6) is 0.435. The number of rotatable bonds is 3. The number of aromatic hydroxyl groups is 2. The molecule has 23 heavy (non-hydrogen) atoms. The average molecular weight is 312 g/mol. The topological polar surface area (TPSA) is 76.0 Å². The fourth-order valence-electron chi connectivity index (χ4n) is 2.70. The van der Waals surface area contributed by atoms with Crippen molar-refractivity contribution >= 4 is 11.9 Å². The highest BCUT2D eigenvalue weighted by atomic mass is 16.5. The van der Waals surface area contributed by atoms with Crippen LogP contribution in [-0.4, -0.2) is 30.2 Å². The van der Waals surface area contributed by atoms with Gasteiger partial charge in [0, 0.05) is 17.6 Å². The zero-order valence-electron chi connectivity index (χ0n) is 12.8. The summed E-state index contributed by atoms with van der Waals surface area (Å²) < 4.78 is 10.2. The molecule has 5 nitrogen and oxygen atoms in total. The monoisotopic (exact) mass is 312 g/mol. The molecule has 0 bridgehead atoms. The van der Waals surface area contributed by atoms with E-state index in [0.29, 0.717) is 23.1 Å². The molecule has 2 aromatic carbocycles. The SMILES string of the molecule is COc1cc(C=C2Cc3ccc(O)cc3C2=O)cc(OC)c1O. The molecule has 2 N–H and O–H groups in total. The van der Waals surface area contributed by atoms with Crippen LogP contribution in [0.25, 0.3) is 6.08 Å². The van der Waals surface area contributed by atoms with Crippen molar-refractivity contribution in [2.45, 2.75) is 6.42 Å². The third-order valence-corrected chi connectivity index (χ3v) is 3.85. The second-order valence-electron chi connectivity index (χ2n) is 5.29. The van der Waals surface area contributed by atoms with E-state index in [-0.39, 0.29) is 28.8 Å². The molecular formula is C18H16O5. The number of Topliss-reactive ketones (excluding diaryl/α,β-unsaturated/α-hetero) is 1. The molecule has 0 unspecified atom stereocenters. The number of fused-ring (bicyclic) bond motifs is 1. The maximum Gasteiger partial charge on any atom is 0.200 e. The van der Waals surface area contributed by atoms with Crippen LogP contribution in [0.1, 0.15) is 21.5 Å². The maximum atomic E-state index is 12.4. The van der Waals surface area contributed by atoms with Gasteiger partial charge in [-0.15, -0.1) is 0 Å². The molecule has 0 fully saturated rings. The molecule has 0 radical (unpaired) electrons. The van der Waals surface area contributed by atoms with Crippen molar-refractivity contribution < 1.29 is 24.5 Å². The van der Waals surface area contributed by atoms with Crippen LogP contribution in [0, 0.1) is 0 Å². The molecule has 118 valence electrons. The predicted molar refractivity (Wildman–Crippen MR) is 85.3 cm³/mol. The Morgan fingerprint density at radius 1 is 1.04 bits per heavy atom. The van der Waals surface area contributed by atoms with Crippen LogP contribution in [-0.2, 0) is 6.42 Å². The predicted octanol–water partition coefficient (Wildman–Crippen LogP) is 2.94. The maximum absolute atomic E-state index is 12.4. The summed E-state index contributed by atoms with van der Waals surface area (Å²) in [4.78, 5) is 12.4. The van der Waals surface area contributed by atoms with Gasteiger partial charge in [-0.05, 0) is 41.5 Å². The van der Waals surface area contributed by atoms with Crippen LogP contribution in [0.3, 0.4) is 0 Å². The van der Waals surface area contributed by atoms with Crippen molar-refractivity contribution in [3.05, 3.63) is 52.6 Å². The van der Waals surface area contributed by atoms with Crippen molar-refractivity contribution in [2.75, 3.05) is 14.2 Å². The van der Waals surface area contributed by atoms with Gasteiger partial charge >= 0.3 is 0 Å². The third kappa shape index (κ3) is 2.61. The highest BCUT2D eigenvalue weighted by molar-refractivity contribution is 6.15. The van der Waals surface area contributed by atoms with E-state index in [1.54, 1.807) is 30.3 Å². The fourth-order valence-corrected chi connectivity index (χ4v) is 2.70. The van der Waals surface area contributed by atoms with Crippen LogP contribution in [0.15, 0.2) is 35.9 Å².